The van der Waals surface area contributed by atoms with Crippen LogP contribution in [0.2, 0.25) is 15.1 Å². The summed E-state index contributed by atoms with van der Waals surface area (Å²) in [5, 5.41) is 13.2. The number of carbonyl (C=O) groups is 1. The molecule has 1 heterocycles. The van der Waals surface area contributed by atoms with Crippen LogP contribution in [0.3, 0.4) is 0 Å². The highest BCUT2D eigenvalue weighted by molar-refractivity contribution is 6.36. The number of benzene rings is 2. The van der Waals surface area contributed by atoms with E-state index in [1.165, 1.54) is 12.1 Å². The van der Waals surface area contributed by atoms with E-state index in [2.05, 4.69) is 5.32 Å². The molecule has 0 atom stereocenters. The predicted octanol–water partition coefficient (Wildman–Crippen LogP) is 6.45. The van der Waals surface area contributed by atoms with E-state index >= 15 is 0 Å². The molecule has 0 radical (unpaired) electrons. The Morgan fingerprint density at radius 1 is 1.04 bits per heavy atom. The Bertz CT molecular complexity index is 1080. The lowest BCUT2D eigenvalue weighted by Gasteiger charge is -2.06. The molecule has 134 valence electrons. The molecule has 3 rings (SSSR count). The molecule has 1 amide bonds. The molecular formula is C20H11Cl3N2O2. The summed E-state index contributed by atoms with van der Waals surface area (Å²) in [7, 11) is 0. The van der Waals surface area contributed by atoms with Crippen molar-refractivity contribution < 1.29 is 9.21 Å². The van der Waals surface area contributed by atoms with Crippen LogP contribution in [-0.4, -0.2) is 5.91 Å². The molecule has 0 saturated heterocycles. The monoisotopic (exact) mass is 416 g/mol. The molecule has 2 aromatic carbocycles. The standard InChI is InChI=1S/C20H11Cl3N2O2/c21-14-3-1-2-12(8-14)19-7-5-16(27-19)9-13(11-24)20(26)25-18-10-15(22)4-6-17(18)23/h1-10H,(H,25,26)/b13-9-. The first kappa shape index (κ1) is 19.1. The summed E-state index contributed by atoms with van der Waals surface area (Å²) in [6.45, 7) is 0. The van der Waals surface area contributed by atoms with Crippen molar-refractivity contribution >= 4 is 52.5 Å². The largest absolute Gasteiger partial charge is 0.457 e. The first-order valence-corrected chi connectivity index (χ1v) is 8.83. The first-order valence-electron chi connectivity index (χ1n) is 7.70. The van der Waals surface area contributed by atoms with E-state index in [1.54, 1.807) is 42.5 Å². The van der Waals surface area contributed by atoms with Gasteiger partial charge in [-0.15, -0.1) is 0 Å². The van der Waals surface area contributed by atoms with Gasteiger partial charge in [-0.2, -0.15) is 5.26 Å². The van der Waals surface area contributed by atoms with E-state index in [1.807, 2.05) is 12.1 Å². The molecule has 0 unspecified atom stereocenters. The number of hydrogen-bond acceptors (Lipinski definition) is 3. The van der Waals surface area contributed by atoms with E-state index < -0.39 is 5.91 Å². The van der Waals surface area contributed by atoms with Crippen molar-refractivity contribution in [2.45, 2.75) is 0 Å². The van der Waals surface area contributed by atoms with E-state index in [4.69, 9.17) is 39.2 Å². The van der Waals surface area contributed by atoms with Gasteiger partial charge >= 0.3 is 0 Å². The van der Waals surface area contributed by atoms with Crippen molar-refractivity contribution in [3.63, 3.8) is 0 Å². The summed E-state index contributed by atoms with van der Waals surface area (Å²) >= 11 is 17.9. The fourth-order valence-corrected chi connectivity index (χ4v) is 2.83. The van der Waals surface area contributed by atoms with Crippen molar-refractivity contribution in [3.8, 4) is 17.4 Å². The summed E-state index contributed by atoms with van der Waals surface area (Å²) in [5.41, 5.74) is 0.961. The van der Waals surface area contributed by atoms with E-state index in [9.17, 15) is 10.1 Å². The molecule has 0 bridgehead atoms. The molecule has 1 N–H and O–H groups in total. The third-order valence-electron chi connectivity index (χ3n) is 3.56. The predicted molar refractivity (Wildman–Crippen MR) is 108 cm³/mol. The number of hydrogen-bond donors (Lipinski definition) is 1. The molecule has 7 heteroatoms. The van der Waals surface area contributed by atoms with Crippen molar-refractivity contribution in [3.05, 3.63) is 81.0 Å². The SMILES string of the molecule is N#C/C(=C/c1ccc(-c2cccc(Cl)c2)o1)C(=O)Nc1cc(Cl)ccc1Cl. The summed E-state index contributed by atoms with van der Waals surface area (Å²) in [6, 6.07) is 17.1. The minimum absolute atomic E-state index is 0.141. The van der Waals surface area contributed by atoms with Gasteiger partial charge in [0, 0.05) is 21.7 Å². The lowest BCUT2D eigenvalue weighted by molar-refractivity contribution is -0.112. The Morgan fingerprint density at radius 3 is 2.56 bits per heavy atom. The zero-order chi connectivity index (χ0) is 19.4. The lowest BCUT2D eigenvalue weighted by Crippen LogP contribution is -2.13. The molecule has 4 nitrogen and oxygen atoms in total. The molecule has 0 aliphatic carbocycles. The maximum absolute atomic E-state index is 12.4. The van der Waals surface area contributed by atoms with Crippen LogP contribution in [0.1, 0.15) is 5.76 Å². The molecule has 27 heavy (non-hydrogen) atoms. The number of nitriles is 1. The number of carbonyl (C=O) groups excluding carboxylic acids is 1. The van der Waals surface area contributed by atoms with Gasteiger partial charge in [0.05, 0.1) is 10.7 Å². The molecule has 0 saturated carbocycles. The van der Waals surface area contributed by atoms with Crippen LogP contribution in [0.15, 0.2) is 64.6 Å². The van der Waals surface area contributed by atoms with E-state index in [0.717, 1.165) is 5.56 Å². The minimum Gasteiger partial charge on any atom is -0.457 e. The van der Waals surface area contributed by atoms with E-state index in [0.29, 0.717) is 32.3 Å². The number of furan rings is 1. The smallest absolute Gasteiger partial charge is 0.266 e. The maximum atomic E-state index is 12.4. The second kappa shape index (κ2) is 8.32. The topological polar surface area (TPSA) is 66.0 Å². The van der Waals surface area contributed by atoms with Gasteiger partial charge in [0.25, 0.3) is 5.91 Å². The zero-order valence-corrected chi connectivity index (χ0v) is 15.9. The fraction of sp³-hybridized carbons (Fsp3) is 0. The van der Waals surface area contributed by atoms with Gasteiger partial charge in [0.15, 0.2) is 0 Å². The molecule has 0 aliphatic rings. The molecular weight excluding hydrogens is 407 g/mol. The molecule has 0 fully saturated rings. The minimum atomic E-state index is -0.623. The van der Waals surface area contributed by atoms with Gasteiger partial charge < -0.3 is 9.73 Å². The molecule has 3 aromatic rings. The van der Waals surface area contributed by atoms with Crippen molar-refractivity contribution in [2.24, 2.45) is 0 Å². The Kier molecular flexibility index (Phi) is 5.88. The average molecular weight is 418 g/mol. The Morgan fingerprint density at radius 2 is 1.81 bits per heavy atom. The molecule has 0 aliphatic heterocycles. The van der Waals surface area contributed by atoms with Gasteiger partial charge in [-0.3, -0.25) is 4.79 Å². The van der Waals surface area contributed by atoms with Crippen LogP contribution < -0.4 is 5.32 Å². The number of nitrogens with zero attached hydrogens (tertiary/aromatic N) is 1. The molecule has 1 aromatic heterocycles. The first-order chi connectivity index (χ1) is 13.0. The number of rotatable bonds is 4. The highest BCUT2D eigenvalue weighted by Crippen LogP contribution is 2.27. The second-order valence-corrected chi connectivity index (χ2v) is 6.74. The quantitative estimate of drug-likeness (QED) is 0.392. The summed E-state index contributed by atoms with van der Waals surface area (Å²) in [5.74, 6) is 0.301. The van der Waals surface area contributed by atoms with E-state index in [-0.39, 0.29) is 5.57 Å². The second-order valence-electron chi connectivity index (χ2n) is 5.46. The van der Waals surface area contributed by atoms with Crippen LogP contribution in [0, 0.1) is 11.3 Å². The summed E-state index contributed by atoms with van der Waals surface area (Å²) < 4.78 is 5.69. The van der Waals surface area contributed by atoms with Gasteiger partial charge in [0.2, 0.25) is 0 Å². The van der Waals surface area contributed by atoms with Gasteiger partial charge in [0.1, 0.15) is 23.2 Å². The third kappa shape index (κ3) is 4.72. The summed E-state index contributed by atoms with van der Waals surface area (Å²) in [4.78, 5) is 12.4. The zero-order valence-electron chi connectivity index (χ0n) is 13.7. The van der Waals surface area contributed by atoms with Crippen molar-refractivity contribution in [2.75, 3.05) is 5.32 Å². The van der Waals surface area contributed by atoms with Gasteiger partial charge in [-0.05, 0) is 42.5 Å². The number of nitrogens with one attached hydrogen (secondary N) is 1. The normalized spacial score (nSPS) is 11.1. The molecule has 0 spiro atoms. The maximum Gasteiger partial charge on any atom is 0.266 e. The summed E-state index contributed by atoms with van der Waals surface area (Å²) in [6.07, 6.45) is 1.35. The Labute approximate surface area is 170 Å². The Balaban J connectivity index is 1.83. The number of amides is 1. The highest BCUT2D eigenvalue weighted by Gasteiger charge is 2.13. The van der Waals surface area contributed by atoms with Crippen molar-refractivity contribution in [1.29, 1.82) is 5.26 Å². The average Bonchev–Trinajstić information content (AvgIpc) is 3.11. The third-order valence-corrected chi connectivity index (χ3v) is 4.36. The van der Waals surface area contributed by atoms with Gasteiger partial charge in [-0.25, -0.2) is 0 Å². The van der Waals surface area contributed by atoms with Gasteiger partial charge in [-0.1, -0.05) is 46.9 Å². The Hall–Kier alpha value is -2.71. The van der Waals surface area contributed by atoms with Crippen LogP contribution in [0.4, 0.5) is 5.69 Å². The number of halogens is 3. The lowest BCUT2D eigenvalue weighted by atomic mass is 10.2. The number of anilines is 1. The highest BCUT2D eigenvalue weighted by atomic mass is 35.5. The van der Waals surface area contributed by atoms with Crippen molar-refractivity contribution in [1.82, 2.24) is 0 Å². The van der Waals surface area contributed by atoms with Crippen LogP contribution >= 0.6 is 34.8 Å². The van der Waals surface area contributed by atoms with Crippen LogP contribution in [0.25, 0.3) is 17.4 Å². The fourth-order valence-electron chi connectivity index (χ4n) is 2.30. The van der Waals surface area contributed by atoms with Crippen LogP contribution in [0.5, 0.6) is 0 Å². The van der Waals surface area contributed by atoms with Crippen LogP contribution in [-0.2, 0) is 4.79 Å².